The monoisotopic (exact) mass is 265 g/mol. The van der Waals surface area contributed by atoms with E-state index in [1.165, 1.54) is 11.8 Å². The number of carbonyl (C=O) groups excluding carboxylic acids is 1. The van der Waals surface area contributed by atoms with Crippen LogP contribution in [0.2, 0.25) is 0 Å². The molecule has 1 aromatic carbocycles. The number of nitrogens with two attached hydrogens (primary N) is 1. The summed E-state index contributed by atoms with van der Waals surface area (Å²) < 4.78 is 0. The van der Waals surface area contributed by atoms with Gasteiger partial charge in [0.15, 0.2) is 0 Å². The molecule has 5 heteroatoms. The lowest BCUT2D eigenvalue weighted by Gasteiger charge is -2.17. The third-order valence-electron chi connectivity index (χ3n) is 2.19. The van der Waals surface area contributed by atoms with Gasteiger partial charge in [0.2, 0.25) is 5.91 Å². The van der Waals surface area contributed by atoms with Gasteiger partial charge < -0.3 is 11.1 Å². The van der Waals surface area contributed by atoms with Crippen molar-refractivity contribution in [2.24, 2.45) is 11.1 Å². The molecule has 0 radical (unpaired) electrons. The first kappa shape index (κ1) is 14.6. The molecule has 4 N–H and O–H groups in total. The van der Waals surface area contributed by atoms with E-state index in [-0.39, 0.29) is 11.7 Å². The Balaban J connectivity index is 2.60. The van der Waals surface area contributed by atoms with E-state index in [1.807, 2.05) is 45.0 Å². The van der Waals surface area contributed by atoms with E-state index < -0.39 is 5.41 Å². The Morgan fingerprint density at radius 3 is 2.33 bits per heavy atom. The summed E-state index contributed by atoms with van der Waals surface area (Å²) in [7, 11) is 0. The van der Waals surface area contributed by atoms with Crippen LogP contribution in [0.15, 0.2) is 29.2 Å². The number of carbonyl (C=O) groups is 1. The summed E-state index contributed by atoms with van der Waals surface area (Å²) >= 11 is 1.50. The number of hydrogen-bond acceptors (Lipinski definition) is 3. The zero-order valence-electron chi connectivity index (χ0n) is 10.9. The number of nitrogens with one attached hydrogen (secondary N) is 2. The Hall–Kier alpha value is -1.49. The molecule has 1 amide bonds. The highest BCUT2D eigenvalue weighted by atomic mass is 32.2. The zero-order valence-corrected chi connectivity index (χ0v) is 11.7. The molecule has 0 saturated heterocycles. The average molecular weight is 265 g/mol. The summed E-state index contributed by atoms with van der Waals surface area (Å²) in [6.45, 7) is 5.62. The van der Waals surface area contributed by atoms with Gasteiger partial charge in [0.1, 0.15) is 5.84 Å². The van der Waals surface area contributed by atoms with Crippen LogP contribution < -0.4 is 11.1 Å². The molecule has 0 atom stereocenters. The molecule has 4 nitrogen and oxygen atoms in total. The Bertz CT molecular complexity index is 435. The molecule has 98 valence electrons. The van der Waals surface area contributed by atoms with Crippen molar-refractivity contribution >= 4 is 29.2 Å². The Morgan fingerprint density at radius 2 is 1.89 bits per heavy atom. The number of benzene rings is 1. The Kier molecular flexibility index (Phi) is 4.78. The van der Waals surface area contributed by atoms with E-state index in [9.17, 15) is 4.79 Å². The second-order valence-electron chi connectivity index (χ2n) is 5.04. The maximum absolute atomic E-state index is 11.8. The van der Waals surface area contributed by atoms with Gasteiger partial charge in [-0.2, -0.15) is 0 Å². The number of hydrogen-bond donors (Lipinski definition) is 3. The molecule has 0 unspecified atom stereocenters. The third-order valence-corrected chi connectivity index (χ3v) is 3.25. The minimum atomic E-state index is -0.401. The molecule has 0 aliphatic heterocycles. The van der Waals surface area contributed by atoms with Crippen molar-refractivity contribution in [3.63, 3.8) is 0 Å². The number of thioether (sulfide) groups is 1. The first-order valence-electron chi connectivity index (χ1n) is 5.66. The fourth-order valence-corrected chi connectivity index (χ4v) is 1.76. The van der Waals surface area contributed by atoms with E-state index in [4.69, 9.17) is 11.1 Å². The fraction of sp³-hybridized carbons (Fsp3) is 0.385. The van der Waals surface area contributed by atoms with Crippen LogP contribution in [-0.2, 0) is 4.79 Å². The van der Waals surface area contributed by atoms with Crippen LogP contribution in [0.1, 0.15) is 20.8 Å². The van der Waals surface area contributed by atoms with Crippen LogP contribution in [0.4, 0.5) is 5.69 Å². The van der Waals surface area contributed by atoms with Crippen LogP contribution in [0.5, 0.6) is 0 Å². The second-order valence-corrected chi connectivity index (χ2v) is 6.09. The Morgan fingerprint density at radius 1 is 1.33 bits per heavy atom. The predicted octanol–water partition coefficient (Wildman–Crippen LogP) is 2.70. The smallest absolute Gasteiger partial charge is 0.229 e. The second kappa shape index (κ2) is 5.91. The van der Waals surface area contributed by atoms with Crippen molar-refractivity contribution in [1.82, 2.24) is 0 Å². The van der Waals surface area contributed by atoms with Crippen LogP contribution in [0.3, 0.4) is 0 Å². The van der Waals surface area contributed by atoms with Crippen molar-refractivity contribution in [3.05, 3.63) is 24.3 Å². The molecule has 0 heterocycles. The molecule has 0 bridgehead atoms. The van der Waals surface area contributed by atoms with Crippen molar-refractivity contribution in [2.75, 3.05) is 11.1 Å². The highest BCUT2D eigenvalue weighted by Gasteiger charge is 2.20. The minimum absolute atomic E-state index is 0.00774. The first-order valence-corrected chi connectivity index (χ1v) is 6.65. The lowest BCUT2D eigenvalue weighted by atomic mass is 9.95. The molecule has 1 aromatic rings. The number of amides is 1. The third kappa shape index (κ3) is 4.79. The van der Waals surface area contributed by atoms with Crippen LogP contribution in [0, 0.1) is 10.8 Å². The zero-order chi connectivity index (χ0) is 13.8. The van der Waals surface area contributed by atoms with Crippen LogP contribution in [-0.4, -0.2) is 17.5 Å². The molecular weight excluding hydrogens is 246 g/mol. The van der Waals surface area contributed by atoms with E-state index in [2.05, 4.69) is 5.32 Å². The number of amidine groups is 1. The molecule has 0 aliphatic rings. The van der Waals surface area contributed by atoms with Crippen LogP contribution in [0.25, 0.3) is 0 Å². The largest absolute Gasteiger partial charge is 0.387 e. The molecular formula is C13H19N3OS. The highest BCUT2D eigenvalue weighted by Crippen LogP contribution is 2.21. The van der Waals surface area contributed by atoms with Gasteiger partial charge in [0.25, 0.3) is 0 Å². The molecule has 1 rings (SSSR count). The molecule has 0 spiro atoms. The van der Waals surface area contributed by atoms with Gasteiger partial charge in [-0.15, -0.1) is 11.8 Å². The maximum atomic E-state index is 11.8. The average Bonchev–Trinajstić information content (AvgIpc) is 2.26. The van der Waals surface area contributed by atoms with Crippen molar-refractivity contribution in [2.45, 2.75) is 25.7 Å². The van der Waals surface area contributed by atoms with E-state index in [1.54, 1.807) is 0 Å². The van der Waals surface area contributed by atoms with Gasteiger partial charge in [-0.3, -0.25) is 10.2 Å². The molecule has 0 aromatic heterocycles. The topological polar surface area (TPSA) is 79.0 Å². The lowest BCUT2D eigenvalue weighted by molar-refractivity contribution is -0.123. The van der Waals surface area contributed by atoms with Crippen molar-refractivity contribution in [3.8, 4) is 0 Å². The van der Waals surface area contributed by atoms with E-state index >= 15 is 0 Å². The van der Waals surface area contributed by atoms with Crippen molar-refractivity contribution < 1.29 is 4.79 Å². The molecule has 0 saturated carbocycles. The number of anilines is 1. The number of rotatable bonds is 4. The van der Waals surface area contributed by atoms with Gasteiger partial charge in [-0.25, -0.2) is 0 Å². The summed E-state index contributed by atoms with van der Waals surface area (Å²) in [5.41, 5.74) is 5.67. The summed E-state index contributed by atoms with van der Waals surface area (Å²) in [5, 5.41) is 10.0. The van der Waals surface area contributed by atoms with E-state index in [0.717, 1.165) is 10.6 Å². The van der Waals surface area contributed by atoms with Crippen LogP contribution >= 0.6 is 11.8 Å². The standard InChI is InChI=1S/C13H19N3OS/c1-13(2,3)12(17)16-9-4-6-10(7-5-9)18-8-11(14)15/h4-7H,8H2,1-3H3,(H3,14,15)(H,16,17). The quantitative estimate of drug-likeness (QED) is 0.445. The normalized spacial score (nSPS) is 11.1. The van der Waals surface area contributed by atoms with Gasteiger partial charge in [0, 0.05) is 16.0 Å². The summed E-state index contributed by atoms with van der Waals surface area (Å²) in [5.74, 6) is 0.630. The Labute approximate surface area is 112 Å². The van der Waals surface area contributed by atoms with Crippen molar-refractivity contribution in [1.29, 1.82) is 5.41 Å². The molecule has 0 fully saturated rings. The van der Waals surface area contributed by atoms with Gasteiger partial charge in [-0.1, -0.05) is 20.8 Å². The minimum Gasteiger partial charge on any atom is -0.387 e. The fourth-order valence-electron chi connectivity index (χ4n) is 1.11. The SMILES string of the molecule is CC(C)(C)C(=O)Nc1ccc(SCC(=N)N)cc1. The summed E-state index contributed by atoms with van der Waals surface area (Å²) in [6, 6.07) is 7.52. The highest BCUT2D eigenvalue weighted by molar-refractivity contribution is 8.00. The van der Waals surface area contributed by atoms with Gasteiger partial charge >= 0.3 is 0 Å². The summed E-state index contributed by atoms with van der Waals surface area (Å²) in [6.07, 6.45) is 0. The first-order chi connectivity index (χ1) is 8.29. The van der Waals surface area contributed by atoms with E-state index in [0.29, 0.717) is 5.75 Å². The molecule has 18 heavy (non-hydrogen) atoms. The molecule has 0 aliphatic carbocycles. The van der Waals surface area contributed by atoms with Gasteiger partial charge in [0.05, 0.1) is 5.75 Å². The lowest BCUT2D eigenvalue weighted by Crippen LogP contribution is -2.27. The predicted molar refractivity (Wildman–Crippen MR) is 77.2 cm³/mol. The maximum Gasteiger partial charge on any atom is 0.229 e. The van der Waals surface area contributed by atoms with Gasteiger partial charge in [-0.05, 0) is 24.3 Å². The summed E-state index contributed by atoms with van der Waals surface area (Å²) in [4.78, 5) is 12.8.